The van der Waals surface area contributed by atoms with Crippen molar-refractivity contribution in [1.82, 2.24) is 4.98 Å². The molecular formula is C24H20N2O6S. The van der Waals surface area contributed by atoms with Crippen LogP contribution in [0, 0.1) is 6.92 Å². The highest BCUT2D eigenvalue weighted by atomic mass is 32.1. The van der Waals surface area contributed by atoms with Crippen molar-refractivity contribution in [2.45, 2.75) is 19.9 Å². The van der Waals surface area contributed by atoms with E-state index < -0.39 is 23.7 Å². The summed E-state index contributed by atoms with van der Waals surface area (Å²) in [5.74, 6) is -2.64. The largest absolute Gasteiger partial charge is 0.508 e. The summed E-state index contributed by atoms with van der Waals surface area (Å²) in [6.07, 6.45) is 0. The minimum Gasteiger partial charge on any atom is -0.508 e. The highest BCUT2D eigenvalue weighted by Crippen LogP contribution is 2.44. The van der Waals surface area contributed by atoms with Gasteiger partial charge in [-0.2, -0.15) is 0 Å². The van der Waals surface area contributed by atoms with Crippen LogP contribution in [0.3, 0.4) is 0 Å². The third-order valence-electron chi connectivity index (χ3n) is 5.15. The van der Waals surface area contributed by atoms with Gasteiger partial charge in [0.05, 0.1) is 23.9 Å². The average Bonchev–Trinajstić information content (AvgIpc) is 3.32. The van der Waals surface area contributed by atoms with Gasteiger partial charge < -0.3 is 14.9 Å². The zero-order chi connectivity index (χ0) is 23.7. The first-order chi connectivity index (χ1) is 15.8. The lowest BCUT2D eigenvalue weighted by Gasteiger charge is -2.23. The molecule has 0 spiro atoms. The Hall–Kier alpha value is -3.98. The second kappa shape index (κ2) is 8.87. The number of esters is 1. The molecule has 1 aromatic heterocycles. The number of anilines is 1. The molecule has 4 rings (SSSR count). The SMILES string of the molecule is CCOC(=O)c1sc(N2C(=O)C(=O)/C(=C(/O)c3ccccc3)[C@@H]2c2ccc(O)cc2)nc1C. The standard InChI is InChI=1S/C24H20N2O6S/c1-3-32-23(31)21-13(2)25-24(33-21)26-18(14-9-11-16(27)12-10-14)17(20(29)22(26)30)19(28)15-7-5-4-6-8-15/h4-12,18,27-28H,3H2,1-2H3/b19-17+/t18-/m0/s1. The highest BCUT2D eigenvalue weighted by Gasteiger charge is 2.48. The summed E-state index contributed by atoms with van der Waals surface area (Å²) in [6, 6.07) is 13.4. The molecule has 0 aliphatic carbocycles. The van der Waals surface area contributed by atoms with E-state index in [-0.39, 0.29) is 33.7 Å². The number of aliphatic hydroxyl groups excluding tert-OH is 1. The van der Waals surface area contributed by atoms with E-state index >= 15 is 0 Å². The van der Waals surface area contributed by atoms with E-state index in [1.807, 2.05) is 0 Å². The first kappa shape index (κ1) is 22.2. The summed E-state index contributed by atoms with van der Waals surface area (Å²) in [6.45, 7) is 3.48. The zero-order valence-electron chi connectivity index (χ0n) is 17.8. The number of phenols is 1. The van der Waals surface area contributed by atoms with Crippen LogP contribution >= 0.6 is 11.3 Å². The number of amides is 1. The van der Waals surface area contributed by atoms with E-state index in [2.05, 4.69) is 4.98 Å². The van der Waals surface area contributed by atoms with E-state index in [0.29, 0.717) is 16.8 Å². The van der Waals surface area contributed by atoms with Crippen LogP contribution in [0.25, 0.3) is 5.76 Å². The lowest BCUT2D eigenvalue weighted by molar-refractivity contribution is -0.132. The van der Waals surface area contributed by atoms with Gasteiger partial charge in [-0.3, -0.25) is 14.5 Å². The quantitative estimate of drug-likeness (QED) is 0.254. The molecule has 0 unspecified atom stereocenters. The van der Waals surface area contributed by atoms with E-state index in [1.54, 1.807) is 56.3 Å². The van der Waals surface area contributed by atoms with E-state index in [9.17, 15) is 24.6 Å². The molecule has 1 fully saturated rings. The van der Waals surface area contributed by atoms with Crippen molar-refractivity contribution in [3.05, 3.63) is 81.9 Å². The number of rotatable bonds is 5. The predicted octanol–water partition coefficient (Wildman–Crippen LogP) is 3.96. The monoisotopic (exact) mass is 464 g/mol. The fourth-order valence-corrected chi connectivity index (χ4v) is 4.61. The van der Waals surface area contributed by atoms with Crippen LogP contribution in [0.1, 0.15) is 39.5 Å². The number of nitrogens with zero attached hydrogens (tertiary/aromatic N) is 2. The number of hydrogen-bond acceptors (Lipinski definition) is 8. The summed E-state index contributed by atoms with van der Waals surface area (Å²) < 4.78 is 5.06. The van der Waals surface area contributed by atoms with Gasteiger partial charge in [-0.25, -0.2) is 9.78 Å². The summed E-state index contributed by atoms with van der Waals surface area (Å²) >= 11 is 0.935. The Balaban J connectivity index is 1.90. The maximum atomic E-state index is 13.2. The number of carbonyl (C=O) groups is 3. The Labute approximate surface area is 193 Å². The predicted molar refractivity (Wildman–Crippen MR) is 122 cm³/mol. The molecule has 9 heteroatoms. The van der Waals surface area contributed by atoms with Gasteiger partial charge in [-0.15, -0.1) is 0 Å². The summed E-state index contributed by atoms with van der Waals surface area (Å²) in [5.41, 5.74) is 1.11. The number of hydrogen-bond donors (Lipinski definition) is 2. The molecule has 1 atom stereocenters. The molecule has 2 aromatic carbocycles. The van der Waals surface area contributed by atoms with Crippen LogP contribution < -0.4 is 4.90 Å². The summed E-state index contributed by atoms with van der Waals surface area (Å²) in [4.78, 5) is 44.3. The van der Waals surface area contributed by atoms with E-state index in [4.69, 9.17) is 4.74 Å². The number of ketones is 1. The normalized spacial score (nSPS) is 17.4. The fourth-order valence-electron chi connectivity index (χ4n) is 3.62. The minimum absolute atomic E-state index is 0.00783. The molecule has 0 radical (unpaired) electrons. The third kappa shape index (κ3) is 3.98. The molecule has 168 valence electrons. The lowest BCUT2D eigenvalue weighted by Crippen LogP contribution is -2.29. The minimum atomic E-state index is -1.01. The molecule has 2 heterocycles. The number of aryl methyl sites for hydroxylation is 1. The van der Waals surface area contributed by atoms with Crippen molar-refractivity contribution in [2.75, 3.05) is 11.5 Å². The third-order valence-corrected chi connectivity index (χ3v) is 6.29. The van der Waals surface area contributed by atoms with Gasteiger partial charge >= 0.3 is 11.9 Å². The smallest absolute Gasteiger partial charge is 0.350 e. The topological polar surface area (TPSA) is 117 Å². The number of aromatic hydroxyl groups is 1. The Morgan fingerprint density at radius 3 is 2.42 bits per heavy atom. The van der Waals surface area contributed by atoms with E-state index in [0.717, 1.165) is 11.3 Å². The van der Waals surface area contributed by atoms with Gasteiger partial charge in [0.2, 0.25) is 0 Å². The van der Waals surface area contributed by atoms with Crippen LogP contribution in [0.15, 0.2) is 60.2 Å². The van der Waals surface area contributed by atoms with Crippen molar-refractivity contribution in [3.63, 3.8) is 0 Å². The van der Waals surface area contributed by atoms with Gasteiger partial charge in [-0.1, -0.05) is 53.8 Å². The van der Waals surface area contributed by atoms with Crippen molar-refractivity contribution in [3.8, 4) is 5.75 Å². The van der Waals surface area contributed by atoms with Crippen molar-refractivity contribution < 1.29 is 29.3 Å². The zero-order valence-corrected chi connectivity index (χ0v) is 18.6. The number of thiazole rings is 1. The molecule has 0 bridgehead atoms. The van der Waals surface area contributed by atoms with Gasteiger partial charge in [0.1, 0.15) is 16.4 Å². The van der Waals surface area contributed by atoms with Gasteiger partial charge in [0, 0.05) is 5.56 Å². The van der Waals surface area contributed by atoms with Crippen molar-refractivity contribution in [1.29, 1.82) is 0 Å². The van der Waals surface area contributed by atoms with Crippen molar-refractivity contribution in [2.24, 2.45) is 0 Å². The number of Topliss-reactive ketones (excluding diaryl/α,β-unsaturated/α-hetero) is 1. The average molecular weight is 464 g/mol. The maximum absolute atomic E-state index is 13.2. The number of aliphatic hydroxyl groups is 1. The number of aromatic nitrogens is 1. The lowest BCUT2D eigenvalue weighted by atomic mass is 9.95. The van der Waals surface area contributed by atoms with Crippen molar-refractivity contribution >= 4 is 39.9 Å². The van der Waals surface area contributed by atoms with Crippen LogP contribution in [0.2, 0.25) is 0 Å². The molecule has 8 nitrogen and oxygen atoms in total. The number of ether oxygens (including phenoxy) is 1. The van der Waals surface area contributed by atoms with E-state index in [1.165, 1.54) is 17.0 Å². The van der Waals surface area contributed by atoms with Gasteiger partial charge in [0.25, 0.3) is 5.78 Å². The first-order valence-corrected chi connectivity index (χ1v) is 10.9. The molecule has 3 aromatic rings. The maximum Gasteiger partial charge on any atom is 0.350 e. The van der Waals surface area contributed by atoms with Crippen LogP contribution in [-0.4, -0.2) is 39.5 Å². The Morgan fingerprint density at radius 1 is 1.12 bits per heavy atom. The Morgan fingerprint density at radius 2 is 1.79 bits per heavy atom. The molecule has 1 aliphatic heterocycles. The number of phenolic OH excluding ortho intramolecular Hbond substituents is 1. The second-order valence-corrected chi connectivity index (χ2v) is 8.24. The number of benzene rings is 2. The fraction of sp³-hybridized carbons (Fsp3) is 0.167. The second-order valence-electron chi connectivity index (χ2n) is 7.26. The molecule has 1 saturated heterocycles. The van der Waals surface area contributed by atoms with Crippen LogP contribution in [0.4, 0.5) is 5.13 Å². The van der Waals surface area contributed by atoms with Gasteiger partial charge in [-0.05, 0) is 31.5 Å². The number of carbonyl (C=O) groups excluding carboxylic acids is 3. The van der Waals surface area contributed by atoms with Gasteiger partial charge in [0.15, 0.2) is 5.13 Å². The Bertz CT molecular complexity index is 1260. The molecule has 0 saturated carbocycles. The molecule has 1 aliphatic rings. The molecule has 2 N–H and O–H groups in total. The summed E-state index contributed by atoms with van der Waals surface area (Å²) in [7, 11) is 0. The summed E-state index contributed by atoms with van der Waals surface area (Å²) in [5, 5.41) is 20.9. The first-order valence-electron chi connectivity index (χ1n) is 10.1. The molecule has 33 heavy (non-hydrogen) atoms. The highest BCUT2D eigenvalue weighted by molar-refractivity contribution is 7.17. The Kier molecular flexibility index (Phi) is 5.97. The molecular weight excluding hydrogens is 444 g/mol. The molecule has 1 amide bonds. The van der Waals surface area contributed by atoms with Crippen LogP contribution in [0.5, 0.6) is 5.75 Å². The van der Waals surface area contributed by atoms with Crippen LogP contribution in [-0.2, 0) is 14.3 Å².